The standard InChI is InChI=1S/C13H12BrN3O2/c1-17-5-4-8(6-12(17)18)13(19)16-11-7-9(15)2-3-10(11)14/h2-7H,15H2,1H3,(H,16,19). The molecule has 1 aromatic carbocycles. The molecule has 1 heterocycles. The number of nitrogen functional groups attached to an aromatic ring is 1. The molecule has 5 nitrogen and oxygen atoms in total. The van der Waals surface area contributed by atoms with Gasteiger partial charge in [-0.15, -0.1) is 0 Å². The first-order chi connectivity index (χ1) is 8.97. The van der Waals surface area contributed by atoms with Crippen molar-refractivity contribution in [3.05, 3.63) is 56.9 Å². The number of benzene rings is 1. The number of hydrogen-bond donors (Lipinski definition) is 2. The van der Waals surface area contributed by atoms with Gasteiger partial charge in [0, 0.05) is 35.0 Å². The van der Waals surface area contributed by atoms with E-state index in [-0.39, 0.29) is 11.5 Å². The molecule has 3 N–H and O–H groups in total. The van der Waals surface area contributed by atoms with E-state index in [0.29, 0.717) is 16.9 Å². The lowest BCUT2D eigenvalue weighted by Gasteiger charge is -2.08. The van der Waals surface area contributed by atoms with Crippen molar-refractivity contribution in [3.63, 3.8) is 0 Å². The monoisotopic (exact) mass is 321 g/mol. The molecule has 6 heteroatoms. The first-order valence-corrected chi connectivity index (χ1v) is 6.30. The van der Waals surface area contributed by atoms with Crippen LogP contribution in [0.5, 0.6) is 0 Å². The third-order valence-corrected chi connectivity index (χ3v) is 3.30. The molecule has 0 aliphatic heterocycles. The minimum atomic E-state index is -0.357. The maximum absolute atomic E-state index is 12.0. The minimum absolute atomic E-state index is 0.237. The first-order valence-electron chi connectivity index (χ1n) is 5.50. The average Bonchev–Trinajstić information content (AvgIpc) is 2.37. The smallest absolute Gasteiger partial charge is 0.255 e. The lowest BCUT2D eigenvalue weighted by atomic mass is 10.2. The van der Waals surface area contributed by atoms with Crippen LogP contribution in [-0.4, -0.2) is 10.5 Å². The Morgan fingerprint density at radius 3 is 2.74 bits per heavy atom. The molecule has 0 aliphatic carbocycles. The van der Waals surface area contributed by atoms with Crippen LogP contribution >= 0.6 is 15.9 Å². The highest BCUT2D eigenvalue weighted by Crippen LogP contribution is 2.25. The average molecular weight is 322 g/mol. The Morgan fingerprint density at radius 1 is 1.32 bits per heavy atom. The summed E-state index contributed by atoms with van der Waals surface area (Å²) >= 11 is 3.32. The van der Waals surface area contributed by atoms with E-state index in [9.17, 15) is 9.59 Å². The number of amides is 1. The molecule has 2 rings (SSSR count). The van der Waals surface area contributed by atoms with Crippen molar-refractivity contribution in [1.29, 1.82) is 0 Å². The van der Waals surface area contributed by atoms with Gasteiger partial charge in [0.25, 0.3) is 11.5 Å². The van der Waals surface area contributed by atoms with E-state index in [0.717, 1.165) is 4.47 Å². The normalized spacial score (nSPS) is 10.2. The van der Waals surface area contributed by atoms with Gasteiger partial charge in [0.1, 0.15) is 0 Å². The van der Waals surface area contributed by atoms with Crippen LogP contribution in [0.2, 0.25) is 0 Å². The fraction of sp³-hybridized carbons (Fsp3) is 0.0769. The number of rotatable bonds is 2. The highest BCUT2D eigenvalue weighted by Gasteiger charge is 2.09. The number of nitrogens with two attached hydrogens (primary N) is 1. The van der Waals surface area contributed by atoms with E-state index in [1.165, 1.54) is 10.6 Å². The summed E-state index contributed by atoms with van der Waals surface area (Å²) in [5, 5.41) is 2.70. The first kappa shape index (κ1) is 13.4. The third kappa shape index (κ3) is 3.03. The Kier molecular flexibility index (Phi) is 3.71. The van der Waals surface area contributed by atoms with Crippen LogP contribution in [0.25, 0.3) is 0 Å². The zero-order valence-electron chi connectivity index (χ0n) is 10.2. The summed E-state index contributed by atoms with van der Waals surface area (Å²) < 4.78 is 2.12. The van der Waals surface area contributed by atoms with E-state index in [1.54, 1.807) is 37.5 Å². The number of pyridine rings is 1. The number of carbonyl (C=O) groups is 1. The van der Waals surface area contributed by atoms with E-state index < -0.39 is 0 Å². The number of carbonyl (C=O) groups excluding carboxylic acids is 1. The molecular formula is C13H12BrN3O2. The minimum Gasteiger partial charge on any atom is -0.399 e. The molecule has 2 aromatic rings. The lowest BCUT2D eigenvalue weighted by molar-refractivity contribution is 0.102. The molecule has 0 unspecified atom stereocenters. The second-order valence-electron chi connectivity index (χ2n) is 4.06. The van der Waals surface area contributed by atoms with Crippen molar-refractivity contribution in [3.8, 4) is 0 Å². The second-order valence-corrected chi connectivity index (χ2v) is 4.91. The Morgan fingerprint density at radius 2 is 2.05 bits per heavy atom. The van der Waals surface area contributed by atoms with Gasteiger partial charge in [-0.1, -0.05) is 0 Å². The summed E-state index contributed by atoms with van der Waals surface area (Å²) in [5.74, 6) is -0.357. The van der Waals surface area contributed by atoms with Crippen LogP contribution in [0.4, 0.5) is 11.4 Å². The molecule has 19 heavy (non-hydrogen) atoms. The number of anilines is 2. The molecule has 0 fully saturated rings. The SMILES string of the molecule is Cn1ccc(C(=O)Nc2cc(N)ccc2Br)cc1=O. The number of hydrogen-bond acceptors (Lipinski definition) is 3. The molecule has 0 aliphatic rings. The molecule has 98 valence electrons. The van der Waals surface area contributed by atoms with Crippen molar-refractivity contribution in [2.75, 3.05) is 11.1 Å². The van der Waals surface area contributed by atoms with E-state index in [4.69, 9.17) is 5.73 Å². The second kappa shape index (κ2) is 5.27. The predicted octanol–water partition coefficient (Wildman–Crippen LogP) is 1.98. The highest BCUT2D eigenvalue weighted by atomic mass is 79.9. The topological polar surface area (TPSA) is 77.1 Å². The summed E-state index contributed by atoms with van der Waals surface area (Å²) in [6.07, 6.45) is 1.55. The van der Waals surface area contributed by atoms with Crippen LogP contribution in [-0.2, 0) is 7.05 Å². The molecule has 0 radical (unpaired) electrons. The largest absolute Gasteiger partial charge is 0.399 e. The van der Waals surface area contributed by atoms with E-state index in [2.05, 4.69) is 21.2 Å². The molecule has 0 spiro atoms. The Bertz CT molecular complexity index is 695. The van der Waals surface area contributed by atoms with Gasteiger partial charge in [-0.25, -0.2) is 0 Å². The number of nitrogens with one attached hydrogen (secondary N) is 1. The predicted molar refractivity (Wildman–Crippen MR) is 78.2 cm³/mol. The Hall–Kier alpha value is -2.08. The van der Waals surface area contributed by atoms with Gasteiger partial charge in [0.2, 0.25) is 0 Å². The van der Waals surface area contributed by atoms with Gasteiger partial charge >= 0.3 is 0 Å². The molecular weight excluding hydrogens is 310 g/mol. The maximum Gasteiger partial charge on any atom is 0.255 e. The lowest BCUT2D eigenvalue weighted by Crippen LogP contribution is -2.20. The van der Waals surface area contributed by atoms with Gasteiger partial charge < -0.3 is 15.6 Å². The number of aryl methyl sites for hydroxylation is 1. The van der Waals surface area contributed by atoms with Gasteiger partial charge in [-0.2, -0.15) is 0 Å². The molecule has 0 saturated heterocycles. The molecule has 0 bridgehead atoms. The number of aromatic nitrogens is 1. The maximum atomic E-state index is 12.0. The third-order valence-electron chi connectivity index (χ3n) is 2.61. The molecule has 1 amide bonds. The van der Waals surface area contributed by atoms with Gasteiger partial charge in [-0.3, -0.25) is 9.59 Å². The van der Waals surface area contributed by atoms with Crippen LogP contribution < -0.4 is 16.6 Å². The van der Waals surface area contributed by atoms with Gasteiger partial charge in [0.15, 0.2) is 0 Å². The van der Waals surface area contributed by atoms with Crippen molar-refractivity contribution < 1.29 is 4.79 Å². The number of halogens is 1. The quantitative estimate of drug-likeness (QED) is 0.830. The van der Waals surface area contributed by atoms with Crippen LogP contribution in [0, 0.1) is 0 Å². The summed E-state index contributed by atoms with van der Waals surface area (Å²) in [6, 6.07) is 7.97. The Labute approximate surface area is 118 Å². The van der Waals surface area contributed by atoms with Crippen LogP contribution in [0.15, 0.2) is 45.8 Å². The fourth-order valence-electron chi connectivity index (χ4n) is 1.52. The van der Waals surface area contributed by atoms with E-state index in [1.807, 2.05) is 0 Å². The zero-order valence-corrected chi connectivity index (χ0v) is 11.8. The zero-order chi connectivity index (χ0) is 14.0. The van der Waals surface area contributed by atoms with Crippen molar-refractivity contribution in [1.82, 2.24) is 4.57 Å². The molecule has 1 aromatic heterocycles. The van der Waals surface area contributed by atoms with Crippen LogP contribution in [0.3, 0.4) is 0 Å². The highest BCUT2D eigenvalue weighted by molar-refractivity contribution is 9.10. The fourth-order valence-corrected chi connectivity index (χ4v) is 1.87. The summed E-state index contributed by atoms with van der Waals surface area (Å²) in [7, 11) is 1.62. The number of nitrogens with zero attached hydrogens (tertiary/aromatic N) is 1. The van der Waals surface area contributed by atoms with Crippen molar-refractivity contribution in [2.24, 2.45) is 7.05 Å². The summed E-state index contributed by atoms with van der Waals surface area (Å²) in [4.78, 5) is 23.5. The van der Waals surface area contributed by atoms with Crippen molar-refractivity contribution >= 4 is 33.2 Å². The Balaban J connectivity index is 2.28. The van der Waals surface area contributed by atoms with E-state index >= 15 is 0 Å². The molecule has 0 atom stereocenters. The van der Waals surface area contributed by atoms with Crippen LogP contribution in [0.1, 0.15) is 10.4 Å². The molecule has 0 saturated carbocycles. The summed E-state index contributed by atoms with van der Waals surface area (Å²) in [6.45, 7) is 0. The van der Waals surface area contributed by atoms with Gasteiger partial charge in [0.05, 0.1) is 5.69 Å². The van der Waals surface area contributed by atoms with Gasteiger partial charge in [-0.05, 0) is 40.2 Å². The van der Waals surface area contributed by atoms with Crippen molar-refractivity contribution in [2.45, 2.75) is 0 Å². The summed E-state index contributed by atoms with van der Waals surface area (Å²) in [5.41, 5.74) is 6.83.